The number of carbonyl (C=O) groups is 2. The molecule has 3 heterocycles. The van der Waals surface area contributed by atoms with Crippen molar-refractivity contribution >= 4 is 44.8 Å². The van der Waals surface area contributed by atoms with Crippen molar-refractivity contribution in [3.63, 3.8) is 0 Å². The van der Waals surface area contributed by atoms with E-state index < -0.39 is 6.04 Å². The third-order valence-electron chi connectivity index (χ3n) is 8.50. The fourth-order valence-corrected chi connectivity index (χ4v) is 7.59. The summed E-state index contributed by atoms with van der Waals surface area (Å²) in [6, 6.07) is 8.02. The van der Waals surface area contributed by atoms with Gasteiger partial charge in [-0.2, -0.15) is 0 Å². The van der Waals surface area contributed by atoms with E-state index in [0.717, 1.165) is 75.0 Å². The van der Waals surface area contributed by atoms with Gasteiger partial charge in [0.1, 0.15) is 6.04 Å². The third kappa shape index (κ3) is 5.59. The predicted molar refractivity (Wildman–Crippen MR) is 148 cm³/mol. The molecule has 2 aromatic rings. The van der Waals surface area contributed by atoms with Crippen molar-refractivity contribution in [3.05, 3.63) is 34.2 Å². The van der Waals surface area contributed by atoms with Gasteiger partial charge in [0.05, 0.1) is 4.88 Å². The Morgan fingerprint density at radius 1 is 0.972 bits per heavy atom. The van der Waals surface area contributed by atoms with Gasteiger partial charge in [0.15, 0.2) is 0 Å². The van der Waals surface area contributed by atoms with E-state index in [4.69, 9.17) is 11.6 Å². The number of hydrogen-bond acceptors (Lipinski definition) is 5. The van der Waals surface area contributed by atoms with Gasteiger partial charge >= 0.3 is 0 Å². The Balaban J connectivity index is 1.29. The van der Waals surface area contributed by atoms with Gasteiger partial charge < -0.3 is 14.7 Å². The molecule has 6 nitrogen and oxygen atoms in total. The fraction of sp³-hybridized carbons (Fsp3) is 0.643. The van der Waals surface area contributed by atoms with E-state index >= 15 is 0 Å². The smallest absolute Gasteiger partial charge is 0.264 e. The van der Waals surface area contributed by atoms with E-state index in [9.17, 15) is 9.59 Å². The largest absolute Gasteiger partial charge is 0.338 e. The minimum atomic E-state index is -0.454. The number of piperazine rings is 1. The average Bonchev–Trinajstić information content (AvgIpc) is 3.33. The summed E-state index contributed by atoms with van der Waals surface area (Å²) in [6.45, 7) is 7.63. The van der Waals surface area contributed by atoms with Gasteiger partial charge in [0.2, 0.25) is 5.91 Å². The summed E-state index contributed by atoms with van der Waals surface area (Å²) in [5.41, 5.74) is 0. The summed E-state index contributed by atoms with van der Waals surface area (Å²) in [6.07, 6.45) is 7.82. The summed E-state index contributed by atoms with van der Waals surface area (Å²) in [7, 11) is 2.20. The number of thiophene rings is 1. The Kier molecular flexibility index (Phi) is 8.21. The molecule has 2 amide bonds. The van der Waals surface area contributed by atoms with Crippen molar-refractivity contribution in [2.24, 2.45) is 0 Å². The number of nitrogens with zero attached hydrogens (tertiary/aromatic N) is 4. The van der Waals surface area contributed by atoms with Crippen molar-refractivity contribution in [2.45, 2.75) is 70.0 Å². The van der Waals surface area contributed by atoms with Crippen LogP contribution in [0.15, 0.2) is 24.3 Å². The molecule has 1 aliphatic carbocycles. The van der Waals surface area contributed by atoms with E-state index in [1.807, 2.05) is 41.0 Å². The summed E-state index contributed by atoms with van der Waals surface area (Å²) < 4.78 is 1.01. The Morgan fingerprint density at radius 3 is 2.36 bits per heavy atom. The molecule has 0 unspecified atom stereocenters. The normalized spacial score (nSPS) is 22.1. The highest BCUT2D eigenvalue weighted by molar-refractivity contribution is 7.20. The molecule has 1 saturated carbocycles. The minimum Gasteiger partial charge on any atom is -0.338 e. The van der Waals surface area contributed by atoms with E-state index in [1.165, 1.54) is 30.6 Å². The van der Waals surface area contributed by atoms with Crippen LogP contribution < -0.4 is 0 Å². The fourth-order valence-electron chi connectivity index (χ4n) is 6.31. The maximum absolute atomic E-state index is 13.9. The number of likely N-dealkylation sites (tertiary alicyclic amines) is 1. The van der Waals surface area contributed by atoms with Crippen LogP contribution in [0.25, 0.3) is 10.1 Å². The molecular weight excluding hydrogens is 492 g/mol. The van der Waals surface area contributed by atoms with Gasteiger partial charge in [0, 0.05) is 48.0 Å². The Morgan fingerprint density at radius 2 is 1.67 bits per heavy atom. The first-order chi connectivity index (χ1) is 17.4. The highest BCUT2D eigenvalue weighted by atomic mass is 35.5. The first kappa shape index (κ1) is 26.0. The minimum absolute atomic E-state index is 0.00923. The maximum atomic E-state index is 13.9. The summed E-state index contributed by atoms with van der Waals surface area (Å²) in [5.74, 6) is 0.0890. The van der Waals surface area contributed by atoms with E-state index in [0.29, 0.717) is 15.9 Å². The van der Waals surface area contributed by atoms with Crippen LogP contribution in [0.5, 0.6) is 0 Å². The quantitative estimate of drug-likeness (QED) is 0.548. The van der Waals surface area contributed by atoms with Gasteiger partial charge in [-0.25, -0.2) is 0 Å². The standard InChI is InChI=1S/C28H39ClN4O2S/c1-20(27(34)32-16-14-31(15-17-32)23-10-12-30(2)13-11-23)33(24-6-4-3-5-7-24)28(35)26-18-21-8-9-22(29)19-25(21)36-26/h8-9,18-20,23-24H,3-7,10-17H2,1-2H3/t20-/m1/s1. The second-order valence-corrected chi connectivity index (χ2v) is 12.4. The van der Waals surface area contributed by atoms with Gasteiger partial charge in [-0.1, -0.05) is 36.9 Å². The summed E-state index contributed by atoms with van der Waals surface area (Å²) >= 11 is 7.67. The molecule has 1 atom stereocenters. The van der Waals surface area contributed by atoms with E-state index in [1.54, 1.807) is 0 Å². The van der Waals surface area contributed by atoms with Crippen LogP contribution in [0.3, 0.4) is 0 Å². The highest BCUT2D eigenvalue weighted by Gasteiger charge is 2.37. The monoisotopic (exact) mass is 530 g/mol. The number of rotatable bonds is 5. The van der Waals surface area contributed by atoms with Gasteiger partial charge in [0.25, 0.3) is 5.91 Å². The molecular formula is C28H39ClN4O2S. The molecule has 2 saturated heterocycles. The van der Waals surface area contributed by atoms with Crippen LogP contribution in [-0.4, -0.2) is 95.9 Å². The number of piperidine rings is 1. The summed E-state index contributed by atoms with van der Waals surface area (Å²) in [4.78, 5) is 37.3. The molecule has 8 heteroatoms. The number of halogens is 1. The number of fused-ring (bicyclic) bond motifs is 1. The van der Waals surface area contributed by atoms with Gasteiger partial charge in [-0.3, -0.25) is 14.5 Å². The first-order valence-electron chi connectivity index (χ1n) is 13.6. The molecule has 0 spiro atoms. The highest BCUT2D eigenvalue weighted by Crippen LogP contribution is 2.32. The van der Waals surface area contributed by atoms with Crippen LogP contribution >= 0.6 is 22.9 Å². The second-order valence-electron chi connectivity index (χ2n) is 10.9. The van der Waals surface area contributed by atoms with Crippen molar-refractivity contribution < 1.29 is 9.59 Å². The van der Waals surface area contributed by atoms with Gasteiger partial charge in [-0.15, -0.1) is 11.3 Å². The molecule has 1 aromatic heterocycles. The number of benzene rings is 1. The number of amides is 2. The van der Waals surface area contributed by atoms with Crippen molar-refractivity contribution in [2.75, 3.05) is 46.3 Å². The van der Waals surface area contributed by atoms with E-state index in [-0.39, 0.29) is 17.9 Å². The molecule has 3 aliphatic rings. The van der Waals surface area contributed by atoms with Crippen LogP contribution in [0.2, 0.25) is 5.02 Å². The van der Waals surface area contributed by atoms with Crippen LogP contribution in [0.1, 0.15) is 61.5 Å². The number of carbonyl (C=O) groups excluding carboxylic acids is 2. The van der Waals surface area contributed by atoms with Crippen molar-refractivity contribution in [1.29, 1.82) is 0 Å². The molecule has 0 radical (unpaired) electrons. The number of hydrogen-bond donors (Lipinski definition) is 0. The predicted octanol–water partition coefficient (Wildman–Crippen LogP) is 4.96. The molecule has 0 N–H and O–H groups in total. The third-order valence-corrected chi connectivity index (χ3v) is 9.82. The second kappa shape index (κ2) is 11.4. The maximum Gasteiger partial charge on any atom is 0.264 e. The van der Waals surface area contributed by atoms with Crippen molar-refractivity contribution in [1.82, 2.24) is 19.6 Å². The molecule has 5 rings (SSSR count). The lowest BCUT2D eigenvalue weighted by Gasteiger charge is -2.44. The molecule has 2 aliphatic heterocycles. The Hall–Kier alpha value is -1.67. The molecule has 196 valence electrons. The zero-order valence-electron chi connectivity index (χ0n) is 21.6. The van der Waals surface area contributed by atoms with Crippen LogP contribution in [0.4, 0.5) is 0 Å². The zero-order chi connectivity index (χ0) is 25.2. The van der Waals surface area contributed by atoms with Gasteiger partial charge in [-0.05, 0) is 76.3 Å². The first-order valence-corrected chi connectivity index (χ1v) is 14.8. The molecule has 1 aromatic carbocycles. The zero-order valence-corrected chi connectivity index (χ0v) is 23.2. The SMILES string of the molecule is C[C@H](C(=O)N1CCN(C2CCN(C)CC2)CC1)N(C(=O)c1cc2ccc(Cl)cc2s1)C1CCCCC1. The lowest BCUT2D eigenvalue weighted by molar-refractivity contribution is -0.138. The summed E-state index contributed by atoms with van der Waals surface area (Å²) in [5, 5.41) is 1.70. The van der Waals surface area contributed by atoms with Crippen molar-refractivity contribution in [3.8, 4) is 0 Å². The Labute approximate surface area is 224 Å². The lowest BCUT2D eigenvalue weighted by atomic mass is 9.92. The topological polar surface area (TPSA) is 47.1 Å². The molecule has 3 fully saturated rings. The lowest BCUT2D eigenvalue weighted by Crippen LogP contribution is -2.59. The average molecular weight is 531 g/mol. The van der Waals surface area contributed by atoms with E-state index in [2.05, 4.69) is 16.8 Å². The van der Waals surface area contributed by atoms with Crippen LogP contribution in [-0.2, 0) is 4.79 Å². The molecule has 0 bridgehead atoms. The Bertz CT molecular complexity index is 1070. The molecule has 36 heavy (non-hydrogen) atoms. The van der Waals surface area contributed by atoms with Crippen LogP contribution in [0, 0.1) is 0 Å².